The van der Waals surface area contributed by atoms with Crippen molar-refractivity contribution in [3.8, 4) is 0 Å². The number of hydrogen-bond donors (Lipinski definition) is 1. The third kappa shape index (κ3) is 4.60. The van der Waals surface area contributed by atoms with Crippen LogP contribution < -0.4 is 56.5 Å². The summed E-state index contributed by atoms with van der Waals surface area (Å²) in [4.78, 5) is 9.93. The minimum Gasteiger partial charge on any atom is -0.545 e. The van der Waals surface area contributed by atoms with Crippen LogP contribution in [0.5, 0.6) is 0 Å². The third-order valence-electron chi connectivity index (χ3n) is 1.05. The maximum atomic E-state index is 9.93. The molecule has 1 atom stereocenters. The maximum absolute atomic E-state index is 9.93. The van der Waals surface area contributed by atoms with Crippen LogP contribution in [0.2, 0.25) is 0 Å². The van der Waals surface area contributed by atoms with E-state index < -0.39 is 12.1 Å². The van der Waals surface area contributed by atoms with Gasteiger partial charge >= 0.3 is 51.4 Å². The van der Waals surface area contributed by atoms with Gasteiger partial charge in [-0.25, -0.2) is 0 Å². The molecule has 52 valence electrons. The normalized spacial score (nSPS) is 11.4. The van der Waals surface area contributed by atoms with Crippen molar-refractivity contribution in [1.82, 2.24) is 0 Å². The van der Waals surface area contributed by atoms with Gasteiger partial charge in [-0.2, -0.15) is 0 Å². The van der Waals surface area contributed by atoms with Crippen LogP contribution in [0.1, 0.15) is 13.3 Å². The Morgan fingerprint density at radius 1 is 1.80 bits per heavy atom. The van der Waals surface area contributed by atoms with Gasteiger partial charge in [-0.15, -0.1) is 0 Å². The van der Waals surface area contributed by atoms with Crippen molar-refractivity contribution >= 4 is 5.97 Å². The molecule has 0 radical (unpaired) electrons. The summed E-state index contributed by atoms with van der Waals surface area (Å²) in [7, 11) is 0. The Labute approximate surface area is 103 Å². The van der Waals surface area contributed by atoms with Gasteiger partial charge in [0, 0.05) is 0 Å². The number of rotatable bonds is 3. The molecule has 0 amide bonds. The van der Waals surface area contributed by atoms with Crippen LogP contribution in [-0.2, 0) is 4.79 Å². The smallest absolute Gasteiger partial charge is 0.545 e. The first kappa shape index (κ1) is 13.4. The van der Waals surface area contributed by atoms with Gasteiger partial charge in [-0.1, -0.05) is 13.5 Å². The minimum absolute atomic E-state index is 0. The van der Waals surface area contributed by atoms with Crippen molar-refractivity contribution in [3.63, 3.8) is 0 Å². The second kappa shape index (κ2) is 6.51. The second-order valence-corrected chi connectivity index (χ2v) is 1.74. The molecule has 0 aliphatic rings. The number of carboxylic acid groups (broad SMARTS) is 1. The molecule has 1 N–H and O–H groups in total. The quantitative estimate of drug-likeness (QED) is 0.346. The van der Waals surface area contributed by atoms with Gasteiger partial charge in [0.2, 0.25) is 0 Å². The average molecular weight is 168 g/mol. The van der Waals surface area contributed by atoms with Crippen molar-refractivity contribution in [2.75, 3.05) is 0 Å². The van der Waals surface area contributed by atoms with Crippen LogP contribution in [0.25, 0.3) is 0 Å². The molecule has 0 saturated heterocycles. The Hall–Kier alpha value is 0.806. The van der Waals surface area contributed by atoms with Crippen LogP contribution in [0.3, 0.4) is 0 Å². The van der Waals surface area contributed by atoms with Crippen molar-refractivity contribution in [1.29, 1.82) is 0 Å². The Morgan fingerprint density at radius 3 is 2.30 bits per heavy atom. The molecule has 0 aliphatic heterocycles. The van der Waals surface area contributed by atoms with E-state index in [1.807, 2.05) is 0 Å². The number of carbonyl (C=O) groups excluding carboxylic acids is 1. The van der Waals surface area contributed by atoms with E-state index in [4.69, 9.17) is 5.11 Å². The van der Waals surface area contributed by atoms with E-state index in [1.165, 1.54) is 0 Å². The zero-order chi connectivity index (χ0) is 7.44. The Morgan fingerprint density at radius 2 is 2.20 bits per heavy atom. The molecule has 0 aliphatic carbocycles. The first-order valence-corrected chi connectivity index (χ1v) is 2.67. The van der Waals surface area contributed by atoms with Crippen LogP contribution in [0.15, 0.2) is 12.2 Å². The first-order valence-electron chi connectivity index (χ1n) is 2.67. The summed E-state index contributed by atoms with van der Waals surface area (Å²) in [6, 6.07) is 0. The molecular weight excluding hydrogens is 159 g/mol. The van der Waals surface area contributed by atoms with E-state index in [0.29, 0.717) is 6.42 Å². The number of carboxylic acids is 1. The molecule has 0 aromatic carbocycles. The van der Waals surface area contributed by atoms with E-state index >= 15 is 0 Å². The van der Waals surface area contributed by atoms with Crippen molar-refractivity contribution < 1.29 is 66.4 Å². The molecule has 0 bridgehead atoms. The molecule has 0 aromatic heterocycles. The van der Waals surface area contributed by atoms with Crippen molar-refractivity contribution in [2.24, 2.45) is 0 Å². The Bertz CT molecular complexity index is 133. The summed E-state index contributed by atoms with van der Waals surface area (Å²) in [5, 5.41) is 18.7. The van der Waals surface area contributed by atoms with Crippen LogP contribution in [0, 0.1) is 0 Å². The second-order valence-electron chi connectivity index (χ2n) is 1.74. The van der Waals surface area contributed by atoms with Gasteiger partial charge in [0.05, 0.1) is 12.1 Å². The fraction of sp³-hybridized carbons (Fsp3) is 0.500. The fourth-order valence-corrected chi connectivity index (χ4v) is 0.382. The van der Waals surface area contributed by atoms with E-state index in [0.717, 1.165) is 0 Å². The zero-order valence-corrected chi connectivity index (χ0v) is 9.38. The number of hydrogen-bond acceptors (Lipinski definition) is 3. The van der Waals surface area contributed by atoms with Gasteiger partial charge in [0.15, 0.2) is 0 Å². The van der Waals surface area contributed by atoms with Crippen molar-refractivity contribution in [3.05, 3.63) is 12.2 Å². The number of aliphatic hydroxyl groups excluding tert-OH is 1. The van der Waals surface area contributed by atoms with E-state index in [9.17, 15) is 9.90 Å². The molecule has 1 unspecified atom stereocenters. The predicted molar refractivity (Wildman–Crippen MR) is 30.4 cm³/mol. The number of carbonyl (C=O) groups is 1. The van der Waals surface area contributed by atoms with E-state index in [2.05, 4.69) is 6.58 Å². The van der Waals surface area contributed by atoms with Crippen molar-refractivity contribution in [2.45, 2.75) is 19.4 Å². The molecule has 0 rings (SSSR count). The standard InChI is InChI=1S/C6H10O3.K/c1-3-5(7)4(2)6(8)9;/h5,7H,2-3H2,1H3,(H,8,9);/q;+1/p-1. The number of aliphatic carboxylic acids is 1. The Balaban J connectivity index is 0. The van der Waals surface area contributed by atoms with Crippen LogP contribution in [0.4, 0.5) is 0 Å². The molecule has 0 saturated carbocycles. The number of aliphatic hydroxyl groups is 1. The SMILES string of the molecule is C=C(C(=O)[O-])C(O)CC.[K+]. The summed E-state index contributed by atoms with van der Waals surface area (Å²) < 4.78 is 0. The molecule has 0 aromatic rings. The predicted octanol–water partition coefficient (Wildman–Crippen LogP) is -3.93. The topological polar surface area (TPSA) is 60.4 Å². The van der Waals surface area contributed by atoms with Crippen LogP contribution >= 0.6 is 0 Å². The Kier molecular flexibility index (Phi) is 8.73. The van der Waals surface area contributed by atoms with Gasteiger partial charge in [0.25, 0.3) is 0 Å². The summed E-state index contributed by atoms with van der Waals surface area (Å²) in [6.45, 7) is 4.78. The summed E-state index contributed by atoms with van der Waals surface area (Å²) in [6.07, 6.45) is -0.609. The molecule has 0 spiro atoms. The molecule has 0 fully saturated rings. The van der Waals surface area contributed by atoms with Crippen LogP contribution in [-0.4, -0.2) is 17.2 Å². The fourth-order valence-electron chi connectivity index (χ4n) is 0.382. The third-order valence-corrected chi connectivity index (χ3v) is 1.05. The molecular formula is C6H9KO3. The monoisotopic (exact) mass is 168 g/mol. The van der Waals surface area contributed by atoms with E-state index in [-0.39, 0.29) is 57.0 Å². The first-order chi connectivity index (χ1) is 4.09. The van der Waals surface area contributed by atoms with Gasteiger partial charge in [-0.05, 0) is 12.0 Å². The summed E-state index contributed by atoms with van der Waals surface area (Å²) in [5.41, 5.74) is -0.252. The van der Waals surface area contributed by atoms with E-state index in [1.54, 1.807) is 6.92 Å². The van der Waals surface area contributed by atoms with Gasteiger partial charge in [-0.3, -0.25) is 0 Å². The molecule has 4 heteroatoms. The molecule has 3 nitrogen and oxygen atoms in total. The van der Waals surface area contributed by atoms with Gasteiger partial charge < -0.3 is 15.0 Å². The largest absolute Gasteiger partial charge is 1.00 e. The minimum atomic E-state index is -1.38. The average Bonchev–Trinajstić information content (AvgIpc) is 1.84. The molecule has 10 heavy (non-hydrogen) atoms. The summed E-state index contributed by atoms with van der Waals surface area (Å²) in [5.74, 6) is -1.38. The van der Waals surface area contributed by atoms with Gasteiger partial charge in [0.1, 0.15) is 0 Å². The maximum Gasteiger partial charge on any atom is 1.00 e. The molecule has 0 heterocycles. The zero-order valence-electron chi connectivity index (χ0n) is 6.26. The summed E-state index contributed by atoms with van der Waals surface area (Å²) >= 11 is 0.